The molecule has 1 aromatic rings. The number of nitrogens with two attached hydrogens (primary N) is 2. The van der Waals surface area contributed by atoms with Crippen molar-refractivity contribution in [1.29, 1.82) is 0 Å². The second-order valence-electron chi connectivity index (χ2n) is 4.32. The minimum Gasteiger partial charge on any atom is -0.484 e. The molecule has 1 rings (SSSR count). The van der Waals surface area contributed by atoms with Gasteiger partial charge in [-0.1, -0.05) is 0 Å². The maximum absolute atomic E-state index is 12.4. The van der Waals surface area contributed by atoms with Crippen molar-refractivity contribution in [2.24, 2.45) is 5.73 Å². The topological polar surface area (TPSA) is 61.3 Å². The number of alkyl halides is 3. The standard InChI is InChI=1S/C11H15F3N2O/c1-10(2,6-15)17-9-4-3-7(5-8(9)16)11(12,13)14/h3-5H,6,15-16H2,1-2H3. The molecule has 0 amide bonds. The van der Waals surface area contributed by atoms with Crippen LogP contribution in [0.25, 0.3) is 0 Å². The van der Waals surface area contributed by atoms with Crippen LogP contribution >= 0.6 is 0 Å². The number of nitrogen functional groups attached to an aromatic ring is 1. The van der Waals surface area contributed by atoms with Crippen LogP contribution in [0, 0.1) is 0 Å². The quantitative estimate of drug-likeness (QED) is 0.807. The minimum atomic E-state index is -4.41. The Labute approximate surface area is 97.5 Å². The van der Waals surface area contributed by atoms with Crippen molar-refractivity contribution >= 4 is 5.69 Å². The van der Waals surface area contributed by atoms with E-state index in [9.17, 15) is 13.2 Å². The van der Waals surface area contributed by atoms with Gasteiger partial charge in [0, 0.05) is 6.54 Å². The fourth-order valence-electron chi connectivity index (χ4n) is 1.16. The van der Waals surface area contributed by atoms with E-state index in [2.05, 4.69) is 0 Å². The van der Waals surface area contributed by atoms with Crippen LogP contribution in [-0.4, -0.2) is 12.1 Å². The van der Waals surface area contributed by atoms with E-state index in [4.69, 9.17) is 16.2 Å². The van der Waals surface area contributed by atoms with Gasteiger partial charge in [-0.05, 0) is 32.0 Å². The lowest BCUT2D eigenvalue weighted by atomic mass is 10.1. The first kappa shape index (κ1) is 13.6. The molecule has 0 aliphatic carbocycles. The molecule has 0 fully saturated rings. The number of benzene rings is 1. The molecule has 0 spiro atoms. The molecule has 1 aromatic carbocycles. The van der Waals surface area contributed by atoms with Crippen LogP contribution in [0.3, 0.4) is 0 Å². The first-order valence-electron chi connectivity index (χ1n) is 5.01. The highest BCUT2D eigenvalue weighted by Gasteiger charge is 2.31. The molecule has 0 aliphatic heterocycles. The first-order chi connectivity index (χ1) is 7.65. The minimum absolute atomic E-state index is 0.0543. The van der Waals surface area contributed by atoms with E-state index in [1.165, 1.54) is 6.07 Å². The van der Waals surface area contributed by atoms with Gasteiger partial charge in [0.2, 0.25) is 0 Å². The van der Waals surface area contributed by atoms with Crippen molar-refractivity contribution in [2.75, 3.05) is 12.3 Å². The Morgan fingerprint density at radius 1 is 1.24 bits per heavy atom. The third kappa shape index (κ3) is 3.52. The molecule has 6 heteroatoms. The summed E-state index contributed by atoms with van der Waals surface area (Å²) in [7, 11) is 0. The fourth-order valence-corrected chi connectivity index (χ4v) is 1.16. The van der Waals surface area contributed by atoms with Gasteiger partial charge in [-0.25, -0.2) is 0 Å². The van der Waals surface area contributed by atoms with E-state index >= 15 is 0 Å². The Bertz CT molecular complexity index is 402. The predicted octanol–water partition coefficient (Wildman–Crippen LogP) is 2.40. The van der Waals surface area contributed by atoms with Crippen LogP contribution in [0.4, 0.5) is 18.9 Å². The Hall–Kier alpha value is -1.43. The zero-order valence-corrected chi connectivity index (χ0v) is 9.64. The van der Waals surface area contributed by atoms with Crippen LogP contribution in [0.15, 0.2) is 18.2 Å². The molecule has 0 heterocycles. The van der Waals surface area contributed by atoms with Crippen molar-refractivity contribution in [3.8, 4) is 5.75 Å². The third-order valence-corrected chi connectivity index (χ3v) is 2.21. The Morgan fingerprint density at radius 2 is 1.82 bits per heavy atom. The van der Waals surface area contributed by atoms with Gasteiger partial charge in [-0.2, -0.15) is 13.2 Å². The van der Waals surface area contributed by atoms with Crippen molar-refractivity contribution in [3.63, 3.8) is 0 Å². The highest BCUT2D eigenvalue weighted by Crippen LogP contribution is 2.34. The SMILES string of the molecule is CC(C)(CN)Oc1ccc(C(F)(F)F)cc1N. The van der Waals surface area contributed by atoms with E-state index in [-0.39, 0.29) is 18.0 Å². The van der Waals surface area contributed by atoms with Crippen LogP contribution in [0.1, 0.15) is 19.4 Å². The smallest absolute Gasteiger partial charge is 0.416 e. The molecule has 0 aliphatic rings. The van der Waals surface area contributed by atoms with E-state index < -0.39 is 17.3 Å². The van der Waals surface area contributed by atoms with Crippen LogP contribution in [0.5, 0.6) is 5.75 Å². The molecule has 0 radical (unpaired) electrons. The van der Waals surface area contributed by atoms with Crippen molar-refractivity contribution < 1.29 is 17.9 Å². The zero-order valence-electron chi connectivity index (χ0n) is 9.64. The molecular weight excluding hydrogens is 233 g/mol. The van der Waals surface area contributed by atoms with Gasteiger partial charge in [0.15, 0.2) is 0 Å². The summed E-state index contributed by atoms with van der Waals surface area (Å²) in [4.78, 5) is 0. The van der Waals surface area contributed by atoms with Crippen LogP contribution < -0.4 is 16.2 Å². The monoisotopic (exact) mass is 248 g/mol. The molecule has 0 unspecified atom stereocenters. The molecule has 0 saturated carbocycles. The van der Waals surface area contributed by atoms with Crippen LogP contribution in [-0.2, 0) is 6.18 Å². The molecular formula is C11H15F3N2O. The summed E-state index contributed by atoms with van der Waals surface area (Å²) in [5.74, 6) is 0.202. The van der Waals surface area contributed by atoms with E-state index in [0.717, 1.165) is 12.1 Å². The third-order valence-electron chi connectivity index (χ3n) is 2.21. The Balaban J connectivity index is 2.99. The maximum atomic E-state index is 12.4. The fraction of sp³-hybridized carbons (Fsp3) is 0.455. The number of halogens is 3. The lowest BCUT2D eigenvalue weighted by molar-refractivity contribution is -0.137. The average Bonchev–Trinajstić information content (AvgIpc) is 2.19. The van der Waals surface area contributed by atoms with E-state index in [1.807, 2.05) is 0 Å². The van der Waals surface area contributed by atoms with Gasteiger partial charge in [0.25, 0.3) is 0 Å². The van der Waals surface area contributed by atoms with Crippen molar-refractivity contribution in [1.82, 2.24) is 0 Å². The van der Waals surface area contributed by atoms with E-state index in [0.29, 0.717) is 0 Å². The summed E-state index contributed by atoms with van der Waals surface area (Å²) in [6.45, 7) is 3.68. The number of hydrogen-bond donors (Lipinski definition) is 2. The normalized spacial score (nSPS) is 12.6. The average molecular weight is 248 g/mol. The highest BCUT2D eigenvalue weighted by atomic mass is 19.4. The van der Waals surface area contributed by atoms with Crippen molar-refractivity contribution in [3.05, 3.63) is 23.8 Å². The highest BCUT2D eigenvalue weighted by molar-refractivity contribution is 5.55. The predicted molar refractivity (Wildman–Crippen MR) is 59.6 cm³/mol. The summed E-state index contributed by atoms with van der Waals surface area (Å²) in [6.07, 6.45) is -4.41. The molecule has 96 valence electrons. The zero-order chi connectivity index (χ0) is 13.3. The summed E-state index contributed by atoms with van der Waals surface area (Å²) in [5.41, 5.74) is 9.45. The molecule has 4 N–H and O–H groups in total. The molecule has 0 atom stereocenters. The molecule has 0 saturated heterocycles. The van der Waals surface area contributed by atoms with Crippen molar-refractivity contribution in [2.45, 2.75) is 25.6 Å². The summed E-state index contributed by atoms with van der Waals surface area (Å²) in [6, 6.07) is 2.98. The lowest BCUT2D eigenvalue weighted by Gasteiger charge is -2.25. The Kier molecular flexibility index (Phi) is 3.56. The maximum Gasteiger partial charge on any atom is 0.416 e. The van der Waals surface area contributed by atoms with Gasteiger partial charge < -0.3 is 16.2 Å². The number of anilines is 1. The van der Waals surface area contributed by atoms with Gasteiger partial charge in [0.05, 0.1) is 11.3 Å². The molecule has 0 bridgehead atoms. The summed E-state index contributed by atoms with van der Waals surface area (Å²) in [5, 5.41) is 0. The van der Waals surface area contributed by atoms with Gasteiger partial charge in [0.1, 0.15) is 11.4 Å². The van der Waals surface area contributed by atoms with Gasteiger partial charge in [-0.3, -0.25) is 0 Å². The number of rotatable bonds is 3. The van der Waals surface area contributed by atoms with Gasteiger partial charge >= 0.3 is 6.18 Å². The van der Waals surface area contributed by atoms with E-state index in [1.54, 1.807) is 13.8 Å². The molecule has 0 aromatic heterocycles. The lowest BCUT2D eigenvalue weighted by Crippen LogP contribution is -2.37. The largest absolute Gasteiger partial charge is 0.484 e. The van der Waals surface area contributed by atoms with Gasteiger partial charge in [-0.15, -0.1) is 0 Å². The molecule has 17 heavy (non-hydrogen) atoms. The summed E-state index contributed by atoms with van der Waals surface area (Å²) < 4.78 is 42.6. The van der Waals surface area contributed by atoms with Crippen LogP contribution in [0.2, 0.25) is 0 Å². The number of ether oxygens (including phenoxy) is 1. The second kappa shape index (κ2) is 4.44. The molecule has 3 nitrogen and oxygen atoms in total. The summed E-state index contributed by atoms with van der Waals surface area (Å²) >= 11 is 0. The number of hydrogen-bond acceptors (Lipinski definition) is 3. The first-order valence-corrected chi connectivity index (χ1v) is 5.01. The Morgan fingerprint density at radius 3 is 2.24 bits per heavy atom. The second-order valence-corrected chi connectivity index (χ2v) is 4.32.